The number of ether oxygens (including phenoxy) is 1. The van der Waals surface area contributed by atoms with Crippen molar-refractivity contribution >= 4 is 0 Å². The maximum Gasteiger partial charge on any atom is 0.123 e. The van der Waals surface area contributed by atoms with Crippen LogP contribution in [0.5, 0.6) is 5.75 Å². The van der Waals surface area contributed by atoms with Crippen LogP contribution in [0.3, 0.4) is 0 Å². The normalized spacial score (nSPS) is 12.6. The number of hydrogen-bond acceptors (Lipinski definition) is 3. The minimum Gasteiger partial charge on any atom is -0.491 e. The van der Waals surface area contributed by atoms with Crippen molar-refractivity contribution in [3.05, 3.63) is 28.8 Å². The number of rotatable bonds is 13. The van der Waals surface area contributed by atoms with E-state index in [0.717, 1.165) is 12.2 Å². The van der Waals surface area contributed by atoms with E-state index >= 15 is 0 Å². The quantitative estimate of drug-likeness (QED) is 0.495. The van der Waals surface area contributed by atoms with E-state index < -0.39 is 6.10 Å². The summed E-state index contributed by atoms with van der Waals surface area (Å²) >= 11 is 0. The fourth-order valence-corrected chi connectivity index (χ4v) is 3.11. The van der Waals surface area contributed by atoms with Crippen molar-refractivity contribution in [3.63, 3.8) is 0 Å². The highest BCUT2D eigenvalue weighted by atomic mass is 16.5. The molecule has 0 aromatic heterocycles. The van der Waals surface area contributed by atoms with Gasteiger partial charge in [-0.15, -0.1) is 0 Å². The zero-order valence-corrected chi connectivity index (χ0v) is 17.0. The van der Waals surface area contributed by atoms with Gasteiger partial charge in [0.25, 0.3) is 0 Å². The van der Waals surface area contributed by atoms with Crippen molar-refractivity contribution in [2.45, 2.75) is 91.7 Å². The Balaban J connectivity index is 2.56. The summed E-state index contributed by atoms with van der Waals surface area (Å²) in [6.07, 6.45) is 8.40. The first-order chi connectivity index (χ1) is 11.9. The lowest BCUT2D eigenvalue weighted by Crippen LogP contribution is -2.35. The predicted octanol–water partition coefficient (Wildman–Crippen LogP) is 4.94. The Morgan fingerprint density at radius 2 is 1.72 bits per heavy atom. The van der Waals surface area contributed by atoms with Crippen LogP contribution >= 0.6 is 0 Å². The van der Waals surface area contributed by atoms with Crippen molar-refractivity contribution < 1.29 is 9.84 Å². The van der Waals surface area contributed by atoms with E-state index in [-0.39, 0.29) is 0 Å². The second-order valence-electron chi connectivity index (χ2n) is 7.60. The van der Waals surface area contributed by atoms with Crippen LogP contribution in [0.15, 0.2) is 12.1 Å². The monoisotopic (exact) mass is 349 g/mol. The molecule has 0 aliphatic rings. The van der Waals surface area contributed by atoms with Gasteiger partial charge in [-0.1, -0.05) is 58.9 Å². The van der Waals surface area contributed by atoms with Crippen molar-refractivity contribution in [1.29, 1.82) is 0 Å². The fourth-order valence-electron chi connectivity index (χ4n) is 3.11. The Morgan fingerprint density at radius 3 is 2.40 bits per heavy atom. The molecule has 0 fully saturated rings. The Labute approximate surface area is 155 Å². The highest BCUT2D eigenvalue weighted by Gasteiger charge is 2.11. The molecule has 0 amide bonds. The molecule has 0 heterocycles. The van der Waals surface area contributed by atoms with Gasteiger partial charge in [-0.3, -0.25) is 0 Å². The van der Waals surface area contributed by atoms with Crippen LogP contribution in [0.2, 0.25) is 0 Å². The second-order valence-corrected chi connectivity index (χ2v) is 7.60. The van der Waals surface area contributed by atoms with Crippen LogP contribution in [0.1, 0.15) is 76.0 Å². The van der Waals surface area contributed by atoms with Crippen molar-refractivity contribution in [2.24, 2.45) is 0 Å². The minimum absolute atomic E-state index is 0.339. The molecule has 0 saturated carbocycles. The van der Waals surface area contributed by atoms with Crippen LogP contribution in [0.25, 0.3) is 0 Å². The molecule has 1 aromatic rings. The zero-order chi connectivity index (χ0) is 18.7. The predicted molar refractivity (Wildman–Crippen MR) is 108 cm³/mol. The van der Waals surface area contributed by atoms with E-state index in [2.05, 4.69) is 52.1 Å². The third-order valence-corrected chi connectivity index (χ3v) is 4.55. The van der Waals surface area contributed by atoms with Gasteiger partial charge in [0.05, 0.1) is 0 Å². The van der Waals surface area contributed by atoms with E-state index in [1.54, 1.807) is 0 Å². The molecule has 3 nitrogen and oxygen atoms in total. The molecule has 0 unspecified atom stereocenters. The average Bonchev–Trinajstić information content (AvgIpc) is 2.55. The first-order valence-corrected chi connectivity index (χ1v) is 10.1. The zero-order valence-electron chi connectivity index (χ0n) is 17.0. The molecule has 25 heavy (non-hydrogen) atoms. The van der Waals surface area contributed by atoms with Crippen LogP contribution in [0, 0.1) is 13.8 Å². The minimum atomic E-state index is -0.481. The summed E-state index contributed by atoms with van der Waals surface area (Å²) in [4.78, 5) is 0. The summed E-state index contributed by atoms with van der Waals surface area (Å²) in [6.45, 7) is 11.6. The molecule has 0 aliphatic heterocycles. The third-order valence-electron chi connectivity index (χ3n) is 4.55. The van der Waals surface area contributed by atoms with Gasteiger partial charge in [0.15, 0.2) is 0 Å². The maximum absolute atomic E-state index is 10.1. The Kier molecular flexibility index (Phi) is 10.8. The highest BCUT2D eigenvalue weighted by Crippen LogP contribution is 2.27. The number of nitrogens with one attached hydrogen (secondary N) is 1. The fraction of sp³-hybridized carbons (Fsp3) is 0.727. The van der Waals surface area contributed by atoms with Gasteiger partial charge < -0.3 is 15.2 Å². The topological polar surface area (TPSA) is 41.5 Å². The molecule has 1 rings (SSSR count). The standard InChI is InChI=1S/C22H39NO2/c1-6-7-8-9-10-11-12-21-19(5)13-18(4)14-22(21)25-16-20(24)15-23-17(2)3/h13-14,17,20,23-24H,6-12,15-16H2,1-5H3/t20-/m1/s1. The lowest BCUT2D eigenvalue weighted by molar-refractivity contribution is 0.104. The first kappa shape index (κ1) is 22.0. The molecule has 2 N–H and O–H groups in total. The number of benzene rings is 1. The SMILES string of the molecule is CCCCCCCCc1c(C)cc(C)cc1OC[C@H](O)CNC(C)C. The van der Waals surface area contributed by atoms with Gasteiger partial charge in [-0.2, -0.15) is 0 Å². The molecule has 0 radical (unpaired) electrons. The van der Waals surface area contributed by atoms with Gasteiger partial charge >= 0.3 is 0 Å². The Bertz CT molecular complexity index is 485. The number of aryl methyl sites for hydroxylation is 2. The second kappa shape index (κ2) is 12.3. The van der Waals surface area contributed by atoms with Crippen molar-refractivity contribution in [1.82, 2.24) is 5.32 Å². The van der Waals surface area contributed by atoms with E-state index in [1.165, 1.54) is 55.2 Å². The largest absolute Gasteiger partial charge is 0.491 e. The number of hydrogen-bond donors (Lipinski definition) is 2. The van der Waals surface area contributed by atoms with Crippen LogP contribution in [-0.4, -0.2) is 30.4 Å². The number of aliphatic hydroxyl groups excluding tert-OH is 1. The lowest BCUT2D eigenvalue weighted by Gasteiger charge is -2.18. The number of unbranched alkanes of at least 4 members (excludes halogenated alkanes) is 5. The van der Waals surface area contributed by atoms with Gasteiger partial charge in [-0.05, 0) is 49.4 Å². The summed E-state index contributed by atoms with van der Waals surface area (Å²) in [5.74, 6) is 0.953. The van der Waals surface area contributed by atoms with E-state index in [1.807, 2.05) is 0 Å². The molecule has 1 aromatic carbocycles. The molecule has 0 spiro atoms. The summed E-state index contributed by atoms with van der Waals surface area (Å²) in [7, 11) is 0. The van der Waals surface area contributed by atoms with Gasteiger partial charge in [0, 0.05) is 12.6 Å². The van der Waals surface area contributed by atoms with Crippen molar-refractivity contribution in [3.8, 4) is 5.75 Å². The van der Waals surface area contributed by atoms with Crippen LogP contribution in [0.4, 0.5) is 0 Å². The summed E-state index contributed by atoms with van der Waals surface area (Å²) < 4.78 is 6.00. The highest BCUT2D eigenvalue weighted by molar-refractivity contribution is 5.43. The Morgan fingerprint density at radius 1 is 1.04 bits per heavy atom. The molecule has 0 bridgehead atoms. The lowest BCUT2D eigenvalue weighted by atomic mass is 9.98. The average molecular weight is 350 g/mol. The van der Waals surface area contributed by atoms with Gasteiger partial charge in [0.2, 0.25) is 0 Å². The molecular formula is C22H39NO2. The summed E-state index contributed by atoms with van der Waals surface area (Å²) in [6, 6.07) is 4.72. The van der Waals surface area contributed by atoms with Gasteiger partial charge in [0.1, 0.15) is 18.5 Å². The van der Waals surface area contributed by atoms with Gasteiger partial charge in [-0.25, -0.2) is 0 Å². The van der Waals surface area contributed by atoms with E-state index in [4.69, 9.17) is 4.74 Å². The summed E-state index contributed by atoms with van der Waals surface area (Å²) in [5.41, 5.74) is 3.83. The van der Waals surface area contributed by atoms with E-state index in [9.17, 15) is 5.11 Å². The molecule has 0 saturated heterocycles. The first-order valence-electron chi connectivity index (χ1n) is 10.1. The molecule has 0 aliphatic carbocycles. The third kappa shape index (κ3) is 9.27. The summed E-state index contributed by atoms with van der Waals surface area (Å²) in [5, 5.41) is 13.3. The van der Waals surface area contributed by atoms with Crippen LogP contribution in [-0.2, 0) is 6.42 Å². The smallest absolute Gasteiger partial charge is 0.123 e. The molecule has 3 heteroatoms. The van der Waals surface area contributed by atoms with Crippen LogP contribution < -0.4 is 10.1 Å². The van der Waals surface area contributed by atoms with Crippen molar-refractivity contribution in [2.75, 3.05) is 13.2 Å². The molecule has 144 valence electrons. The number of aliphatic hydroxyl groups is 1. The maximum atomic E-state index is 10.1. The Hall–Kier alpha value is -1.06. The van der Waals surface area contributed by atoms with E-state index in [0.29, 0.717) is 19.2 Å². The molecule has 1 atom stereocenters. The molecular weight excluding hydrogens is 310 g/mol.